The second kappa shape index (κ2) is 5.71. The van der Waals surface area contributed by atoms with E-state index in [-0.39, 0.29) is 16.9 Å². The van der Waals surface area contributed by atoms with Crippen molar-refractivity contribution >= 4 is 39.2 Å². The molecule has 1 aliphatic carbocycles. The van der Waals surface area contributed by atoms with Crippen LogP contribution < -0.4 is 5.32 Å². The Kier molecular flexibility index (Phi) is 3.87. The first-order valence-electron chi connectivity index (χ1n) is 6.82. The van der Waals surface area contributed by atoms with E-state index in [0.717, 1.165) is 0 Å². The first-order chi connectivity index (χ1) is 10.9. The van der Waals surface area contributed by atoms with Crippen LogP contribution in [-0.4, -0.2) is 29.6 Å². The summed E-state index contributed by atoms with van der Waals surface area (Å²) in [7, 11) is -4.01. The third-order valence-corrected chi connectivity index (χ3v) is 5.81. The van der Waals surface area contributed by atoms with Gasteiger partial charge in [0.1, 0.15) is 0 Å². The van der Waals surface area contributed by atoms with E-state index in [9.17, 15) is 18.0 Å². The molecule has 3 rings (SSSR count). The molecule has 1 aromatic carbocycles. The highest BCUT2D eigenvalue weighted by Gasteiger charge is 2.45. The largest absolute Gasteiger partial charge is 0.298 e. The van der Waals surface area contributed by atoms with E-state index in [0.29, 0.717) is 16.3 Å². The van der Waals surface area contributed by atoms with Gasteiger partial charge in [-0.2, -0.15) is 4.31 Å². The van der Waals surface area contributed by atoms with Crippen LogP contribution in [0.1, 0.15) is 23.2 Å². The zero-order valence-electron chi connectivity index (χ0n) is 11.9. The summed E-state index contributed by atoms with van der Waals surface area (Å²) in [6, 6.07) is 8.20. The maximum absolute atomic E-state index is 12.5. The van der Waals surface area contributed by atoms with Crippen LogP contribution in [0.4, 0.5) is 0 Å². The number of nitrogens with zero attached hydrogens (tertiary/aromatic N) is 1. The lowest BCUT2D eigenvalue weighted by Crippen LogP contribution is -2.46. The first kappa shape index (κ1) is 15.6. The fourth-order valence-electron chi connectivity index (χ4n) is 2.44. The van der Waals surface area contributed by atoms with Gasteiger partial charge in [0.25, 0.3) is 21.8 Å². The number of amides is 2. The molecule has 1 N–H and O–H groups in total. The fraction of sp³-hybridized carbons (Fsp3) is 0.133. The van der Waals surface area contributed by atoms with Crippen molar-refractivity contribution in [1.82, 2.24) is 9.62 Å². The topological polar surface area (TPSA) is 83.6 Å². The molecule has 0 saturated heterocycles. The van der Waals surface area contributed by atoms with E-state index < -0.39 is 27.0 Å². The Morgan fingerprint density at radius 1 is 1.22 bits per heavy atom. The number of sulfonamides is 1. The Morgan fingerprint density at radius 3 is 2.57 bits per heavy atom. The highest BCUT2D eigenvalue weighted by atomic mass is 32.2. The second-order valence-corrected chi connectivity index (χ2v) is 7.17. The van der Waals surface area contributed by atoms with Gasteiger partial charge in [0.15, 0.2) is 5.11 Å². The Bertz CT molecular complexity index is 870. The third kappa shape index (κ3) is 2.60. The zero-order valence-corrected chi connectivity index (χ0v) is 13.5. The highest BCUT2D eigenvalue weighted by Crippen LogP contribution is 2.34. The minimum atomic E-state index is -4.01. The van der Waals surface area contributed by atoms with Gasteiger partial charge in [-0.1, -0.05) is 30.4 Å². The Hall–Kier alpha value is -2.32. The predicted octanol–water partition coefficient (Wildman–Crippen LogP) is 1.48. The molecule has 0 spiro atoms. The van der Waals surface area contributed by atoms with E-state index in [1.807, 2.05) is 0 Å². The maximum atomic E-state index is 12.5. The third-order valence-electron chi connectivity index (χ3n) is 3.53. The summed E-state index contributed by atoms with van der Waals surface area (Å²) in [4.78, 5) is 24.5. The normalized spacial score (nSPS) is 18.8. The monoisotopic (exact) mass is 348 g/mol. The average Bonchev–Trinajstić information content (AvgIpc) is 2.75. The Balaban J connectivity index is 1.85. The van der Waals surface area contributed by atoms with E-state index in [4.69, 9.17) is 12.2 Å². The lowest BCUT2D eigenvalue weighted by atomic mass is 10.1. The number of nitrogens with one attached hydrogen (secondary N) is 1. The molecule has 1 aliphatic heterocycles. The van der Waals surface area contributed by atoms with Crippen LogP contribution in [0.3, 0.4) is 0 Å². The zero-order chi connectivity index (χ0) is 16.6. The smallest absolute Gasteiger partial charge is 0.275 e. The van der Waals surface area contributed by atoms with Gasteiger partial charge < -0.3 is 0 Å². The molecular weight excluding hydrogens is 336 g/mol. The van der Waals surface area contributed by atoms with E-state index >= 15 is 0 Å². The second-order valence-electron chi connectivity index (χ2n) is 4.98. The number of carbonyl (C=O) groups excluding carboxylic acids is 2. The molecule has 0 unspecified atom stereocenters. The summed E-state index contributed by atoms with van der Waals surface area (Å²) in [5.74, 6) is -1.30. The van der Waals surface area contributed by atoms with Gasteiger partial charge in [-0.25, -0.2) is 8.42 Å². The standard InChI is InChI=1S/C15H12N2O4S2/c18-13(10-6-2-1-3-7-10)16-15(22)17-14(19)11-8-4-5-9-12(11)23(17,20)21/h1-4,6-8H,5,9H2,(H,16,18,22). The Labute approximate surface area is 138 Å². The van der Waals surface area contributed by atoms with Crippen LogP contribution in [0.5, 0.6) is 0 Å². The summed E-state index contributed by atoms with van der Waals surface area (Å²) >= 11 is 4.98. The summed E-state index contributed by atoms with van der Waals surface area (Å²) in [5, 5.41) is 1.86. The highest BCUT2D eigenvalue weighted by molar-refractivity contribution is 7.96. The predicted molar refractivity (Wildman–Crippen MR) is 87.7 cm³/mol. The number of hydrogen-bond donors (Lipinski definition) is 1. The summed E-state index contributed by atoms with van der Waals surface area (Å²) in [6.07, 6.45) is 4.02. The number of thiocarbonyl (C=S) groups is 1. The van der Waals surface area contributed by atoms with Crippen molar-refractivity contribution in [3.63, 3.8) is 0 Å². The van der Waals surface area contributed by atoms with Gasteiger partial charge in [0.05, 0.1) is 10.5 Å². The molecule has 0 saturated carbocycles. The first-order valence-corrected chi connectivity index (χ1v) is 8.67. The van der Waals surface area contributed by atoms with Crippen molar-refractivity contribution in [2.24, 2.45) is 0 Å². The molecule has 23 heavy (non-hydrogen) atoms. The molecule has 0 atom stereocenters. The van der Waals surface area contributed by atoms with E-state index in [1.165, 1.54) is 6.08 Å². The Morgan fingerprint density at radius 2 is 1.91 bits per heavy atom. The van der Waals surface area contributed by atoms with Gasteiger partial charge >= 0.3 is 0 Å². The molecule has 2 aliphatic rings. The van der Waals surface area contributed by atoms with Gasteiger partial charge in [0, 0.05) is 5.56 Å². The van der Waals surface area contributed by atoms with Crippen LogP contribution in [0.25, 0.3) is 0 Å². The number of hydrogen-bond acceptors (Lipinski definition) is 5. The molecule has 0 aromatic heterocycles. The molecule has 6 nitrogen and oxygen atoms in total. The van der Waals surface area contributed by atoms with Crippen LogP contribution in [0, 0.1) is 0 Å². The van der Waals surface area contributed by atoms with Crippen LogP contribution in [-0.2, 0) is 14.8 Å². The maximum Gasteiger partial charge on any atom is 0.275 e. The molecule has 0 bridgehead atoms. The van der Waals surface area contributed by atoms with Crippen LogP contribution in [0.15, 0.2) is 53.0 Å². The van der Waals surface area contributed by atoms with Gasteiger partial charge in [0.2, 0.25) is 0 Å². The number of benzene rings is 1. The van der Waals surface area contributed by atoms with E-state index in [1.54, 1.807) is 36.4 Å². The van der Waals surface area contributed by atoms with Gasteiger partial charge in [-0.05, 0) is 37.2 Å². The molecule has 2 amide bonds. The summed E-state index contributed by atoms with van der Waals surface area (Å²) in [5.41, 5.74) is 0.434. The van der Waals surface area contributed by atoms with Crippen molar-refractivity contribution in [3.05, 3.63) is 58.5 Å². The summed E-state index contributed by atoms with van der Waals surface area (Å²) in [6.45, 7) is 0. The lowest BCUT2D eigenvalue weighted by Gasteiger charge is -2.17. The summed E-state index contributed by atoms with van der Waals surface area (Å²) < 4.78 is 25.4. The average molecular weight is 348 g/mol. The molecular formula is C15H12N2O4S2. The molecule has 1 heterocycles. The quantitative estimate of drug-likeness (QED) is 0.777. The van der Waals surface area contributed by atoms with Crippen molar-refractivity contribution in [2.45, 2.75) is 12.8 Å². The fourth-order valence-corrected chi connectivity index (χ4v) is 4.52. The molecule has 0 fully saturated rings. The van der Waals surface area contributed by atoms with E-state index in [2.05, 4.69) is 5.32 Å². The minimum Gasteiger partial charge on any atom is -0.298 e. The molecule has 118 valence electrons. The minimum absolute atomic E-state index is 0.0568. The van der Waals surface area contributed by atoms with Crippen molar-refractivity contribution < 1.29 is 18.0 Å². The SMILES string of the molecule is O=C(NC(=S)N1C(=O)C2=C(CCC=C2)S1(=O)=O)c1ccccc1. The van der Waals surface area contributed by atoms with Crippen LogP contribution >= 0.6 is 12.2 Å². The van der Waals surface area contributed by atoms with Crippen LogP contribution in [0.2, 0.25) is 0 Å². The molecule has 1 aromatic rings. The van der Waals surface area contributed by atoms with Crippen molar-refractivity contribution in [1.29, 1.82) is 0 Å². The molecule has 0 radical (unpaired) electrons. The lowest BCUT2D eigenvalue weighted by molar-refractivity contribution is -0.119. The number of carbonyl (C=O) groups is 2. The molecule has 8 heteroatoms. The van der Waals surface area contributed by atoms with Gasteiger partial charge in [-0.3, -0.25) is 14.9 Å². The number of allylic oxidation sites excluding steroid dienone is 2. The number of rotatable bonds is 1. The van der Waals surface area contributed by atoms with Crippen molar-refractivity contribution in [3.8, 4) is 0 Å². The van der Waals surface area contributed by atoms with Crippen molar-refractivity contribution in [2.75, 3.05) is 0 Å². The van der Waals surface area contributed by atoms with Gasteiger partial charge in [-0.15, -0.1) is 0 Å².